The molecular formula is C20H19FN4O2S. The van der Waals surface area contributed by atoms with Gasteiger partial charge in [-0.3, -0.25) is 9.69 Å². The summed E-state index contributed by atoms with van der Waals surface area (Å²) in [4.78, 5) is 21.8. The van der Waals surface area contributed by atoms with Crippen LogP contribution < -0.4 is 0 Å². The Morgan fingerprint density at radius 2 is 1.96 bits per heavy atom. The third-order valence-corrected chi connectivity index (χ3v) is 5.41. The molecule has 1 fully saturated rings. The lowest BCUT2D eigenvalue weighted by Gasteiger charge is -2.33. The summed E-state index contributed by atoms with van der Waals surface area (Å²) in [7, 11) is 0. The highest BCUT2D eigenvalue weighted by molar-refractivity contribution is 7.13. The molecule has 144 valence electrons. The number of piperazine rings is 1. The second kappa shape index (κ2) is 8.45. The summed E-state index contributed by atoms with van der Waals surface area (Å²) in [5.41, 5.74) is 0.798. The van der Waals surface area contributed by atoms with Gasteiger partial charge >= 0.3 is 0 Å². The molecule has 0 atom stereocenters. The number of rotatable bonds is 5. The molecule has 3 heterocycles. The van der Waals surface area contributed by atoms with Crippen molar-refractivity contribution in [3.63, 3.8) is 0 Å². The van der Waals surface area contributed by atoms with Crippen LogP contribution in [0.5, 0.6) is 0 Å². The van der Waals surface area contributed by atoms with Crippen LogP contribution in [0.15, 0.2) is 52.4 Å². The van der Waals surface area contributed by atoms with E-state index in [2.05, 4.69) is 15.0 Å². The number of carbonyl (C=O) groups excluding carboxylic acids is 1. The van der Waals surface area contributed by atoms with Crippen LogP contribution in [-0.4, -0.2) is 52.0 Å². The third-order valence-electron chi connectivity index (χ3n) is 4.54. The van der Waals surface area contributed by atoms with Gasteiger partial charge in [0.05, 0.1) is 11.4 Å². The van der Waals surface area contributed by atoms with Crippen molar-refractivity contribution in [1.82, 2.24) is 19.9 Å². The Morgan fingerprint density at radius 3 is 2.68 bits per heavy atom. The van der Waals surface area contributed by atoms with Crippen molar-refractivity contribution in [2.75, 3.05) is 26.2 Å². The highest BCUT2D eigenvalue weighted by atomic mass is 32.1. The minimum atomic E-state index is -0.289. The van der Waals surface area contributed by atoms with Crippen LogP contribution in [0.4, 0.5) is 4.39 Å². The number of carbonyl (C=O) groups is 1. The van der Waals surface area contributed by atoms with E-state index in [0.717, 1.165) is 23.5 Å². The lowest BCUT2D eigenvalue weighted by molar-refractivity contribution is -0.127. The van der Waals surface area contributed by atoms with Gasteiger partial charge in [0.15, 0.2) is 0 Å². The van der Waals surface area contributed by atoms with E-state index in [4.69, 9.17) is 4.52 Å². The number of hydrogen-bond donors (Lipinski definition) is 0. The third kappa shape index (κ3) is 4.52. The second-order valence-corrected chi connectivity index (χ2v) is 7.42. The molecule has 1 amide bonds. The number of hydrogen-bond acceptors (Lipinski definition) is 6. The minimum Gasteiger partial charge on any atom is -0.338 e. The second-order valence-electron chi connectivity index (χ2n) is 6.48. The molecule has 0 unspecified atom stereocenters. The fraction of sp³-hybridized carbons (Fsp3) is 0.250. The van der Waals surface area contributed by atoms with Gasteiger partial charge in [0, 0.05) is 32.3 Å². The number of benzene rings is 1. The molecule has 2 aromatic heterocycles. The maximum absolute atomic E-state index is 12.9. The Bertz CT molecular complexity index is 945. The summed E-state index contributed by atoms with van der Waals surface area (Å²) in [5, 5.41) is 6.00. The van der Waals surface area contributed by atoms with Crippen molar-refractivity contribution in [3.05, 3.63) is 65.1 Å². The largest absolute Gasteiger partial charge is 0.338 e. The van der Waals surface area contributed by atoms with Crippen molar-refractivity contribution in [1.29, 1.82) is 0 Å². The zero-order valence-electron chi connectivity index (χ0n) is 15.1. The van der Waals surface area contributed by atoms with Crippen LogP contribution in [0.1, 0.15) is 11.5 Å². The van der Waals surface area contributed by atoms with Crippen molar-refractivity contribution in [3.8, 4) is 10.7 Å². The average Bonchev–Trinajstić information content (AvgIpc) is 3.40. The van der Waals surface area contributed by atoms with E-state index in [9.17, 15) is 9.18 Å². The summed E-state index contributed by atoms with van der Waals surface area (Å²) < 4.78 is 18.3. The van der Waals surface area contributed by atoms with Crippen molar-refractivity contribution in [2.45, 2.75) is 6.54 Å². The normalized spacial score (nSPS) is 15.4. The lowest BCUT2D eigenvalue weighted by Crippen LogP contribution is -2.47. The first kappa shape index (κ1) is 18.5. The fourth-order valence-electron chi connectivity index (χ4n) is 2.99. The van der Waals surface area contributed by atoms with E-state index in [1.54, 1.807) is 34.4 Å². The molecule has 3 aromatic rings. The van der Waals surface area contributed by atoms with Crippen LogP contribution in [0.2, 0.25) is 0 Å². The molecule has 0 N–H and O–H groups in total. The van der Waals surface area contributed by atoms with Gasteiger partial charge < -0.3 is 9.42 Å². The molecule has 0 saturated carbocycles. The van der Waals surface area contributed by atoms with Gasteiger partial charge in [-0.15, -0.1) is 11.3 Å². The quantitative estimate of drug-likeness (QED) is 0.617. The summed E-state index contributed by atoms with van der Waals surface area (Å²) in [6.07, 6.45) is 3.24. The zero-order chi connectivity index (χ0) is 19.3. The summed E-state index contributed by atoms with van der Waals surface area (Å²) in [6, 6.07) is 9.96. The minimum absolute atomic E-state index is 0.0400. The molecule has 0 aliphatic carbocycles. The van der Waals surface area contributed by atoms with Gasteiger partial charge in [-0.1, -0.05) is 23.4 Å². The monoisotopic (exact) mass is 398 g/mol. The Kier molecular flexibility index (Phi) is 5.59. The molecule has 1 aromatic carbocycles. The highest BCUT2D eigenvalue weighted by Gasteiger charge is 2.21. The zero-order valence-corrected chi connectivity index (χ0v) is 15.9. The number of amides is 1. The number of thiophene rings is 1. The topological polar surface area (TPSA) is 62.5 Å². The van der Waals surface area contributed by atoms with Crippen LogP contribution >= 0.6 is 11.3 Å². The SMILES string of the molecule is O=C(/C=C/c1ccc(F)cc1)N1CCN(Cc2nc(-c3cccs3)no2)CC1. The molecule has 1 aliphatic heterocycles. The molecule has 0 spiro atoms. The van der Waals surface area contributed by atoms with Crippen LogP contribution in [0.3, 0.4) is 0 Å². The Morgan fingerprint density at radius 1 is 1.18 bits per heavy atom. The fourth-order valence-corrected chi connectivity index (χ4v) is 3.64. The predicted octanol–water partition coefficient (Wildman–Crippen LogP) is 3.29. The number of aromatic nitrogens is 2. The van der Waals surface area contributed by atoms with E-state index < -0.39 is 0 Å². The lowest BCUT2D eigenvalue weighted by atomic mass is 10.2. The first-order valence-corrected chi connectivity index (χ1v) is 9.87. The molecule has 1 aliphatic rings. The highest BCUT2D eigenvalue weighted by Crippen LogP contribution is 2.21. The maximum atomic E-state index is 12.9. The van der Waals surface area contributed by atoms with Crippen molar-refractivity contribution in [2.24, 2.45) is 0 Å². The van der Waals surface area contributed by atoms with E-state index in [-0.39, 0.29) is 11.7 Å². The van der Waals surface area contributed by atoms with E-state index >= 15 is 0 Å². The standard InChI is InChI=1S/C20H19FN4O2S/c21-16-6-3-15(4-7-16)5-8-19(26)25-11-9-24(10-12-25)14-18-22-20(23-27-18)17-2-1-13-28-17/h1-8,13H,9-12,14H2/b8-5+. The van der Waals surface area contributed by atoms with Gasteiger partial charge in [0.1, 0.15) is 5.82 Å². The molecule has 28 heavy (non-hydrogen) atoms. The molecule has 6 nitrogen and oxygen atoms in total. The van der Waals surface area contributed by atoms with Gasteiger partial charge in [-0.05, 0) is 35.2 Å². The molecule has 0 radical (unpaired) electrons. The Labute approximate surface area is 165 Å². The van der Waals surface area contributed by atoms with Gasteiger partial charge in [0.2, 0.25) is 17.6 Å². The van der Waals surface area contributed by atoms with Gasteiger partial charge in [0.25, 0.3) is 0 Å². The summed E-state index contributed by atoms with van der Waals surface area (Å²) >= 11 is 1.57. The van der Waals surface area contributed by atoms with Crippen LogP contribution in [0.25, 0.3) is 16.8 Å². The Hall–Kier alpha value is -2.84. The number of nitrogens with zero attached hydrogens (tertiary/aromatic N) is 4. The Balaban J connectivity index is 1.27. The van der Waals surface area contributed by atoms with E-state index in [1.807, 2.05) is 17.5 Å². The molecule has 0 bridgehead atoms. The summed E-state index contributed by atoms with van der Waals surface area (Å²) in [5.74, 6) is 0.870. The van der Waals surface area contributed by atoms with E-state index in [0.29, 0.717) is 31.3 Å². The van der Waals surface area contributed by atoms with Crippen LogP contribution in [-0.2, 0) is 11.3 Å². The number of halogens is 1. The van der Waals surface area contributed by atoms with Gasteiger partial charge in [-0.2, -0.15) is 4.98 Å². The molecule has 1 saturated heterocycles. The van der Waals surface area contributed by atoms with E-state index in [1.165, 1.54) is 18.2 Å². The first-order valence-electron chi connectivity index (χ1n) is 8.99. The van der Waals surface area contributed by atoms with Crippen molar-refractivity contribution < 1.29 is 13.7 Å². The smallest absolute Gasteiger partial charge is 0.246 e. The van der Waals surface area contributed by atoms with Crippen LogP contribution in [0, 0.1) is 5.82 Å². The summed E-state index contributed by atoms with van der Waals surface area (Å²) in [6.45, 7) is 3.34. The maximum Gasteiger partial charge on any atom is 0.246 e. The molecule has 4 rings (SSSR count). The molecular weight excluding hydrogens is 379 g/mol. The van der Waals surface area contributed by atoms with Crippen molar-refractivity contribution >= 4 is 23.3 Å². The van der Waals surface area contributed by atoms with Gasteiger partial charge in [-0.25, -0.2) is 4.39 Å². The molecule has 8 heteroatoms. The average molecular weight is 398 g/mol. The predicted molar refractivity (Wildman–Crippen MR) is 105 cm³/mol. The first-order chi connectivity index (χ1) is 13.7.